The fourth-order valence-corrected chi connectivity index (χ4v) is 7.80. The van der Waals surface area contributed by atoms with Gasteiger partial charge in [-0.2, -0.15) is 0 Å². The molecule has 0 aliphatic heterocycles. The van der Waals surface area contributed by atoms with Crippen LogP contribution in [0.1, 0.15) is 217 Å². The summed E-state index contributed by atoms with van der Waals surface area (Å²) in [6, 6.07) is 0. The van der Waals surface area contributed by atoms with Gasteiger partial charge in [0.2, 0.25) is 0 Å². The highest BCUT2D eigenvalue weighted by Crippen LogP contribution is 2.27. The maximum atomic E-state index is 11.7. The molecule has 0 spiro atoms. The highest BCUT2D eigenvalue weighted by molar-refractivity contribution is 5.92. The van der Waals surface area contributed by atoms with Crippen molar-refractivity contribution < 1.29 is 133 Å². The molecule has 0 amide bonds. The molecule has 0 aromatic carbocycles. The largest absolute Gasteiger partial charge is 0.469 e. The van der Waals surface area contributed by atoms with Crippen molar-refractivity contribution >= 4 is 65.7 Å². The number of carbonyl (C=O) groups excluding carboxylic acids is 11. The van der Waals surface area contributed by atoms with E-state index in [1.54, 1.807) is 28.4 Å². The second-order valence-electron chi connectivity index (χ2n) is 30.9. The summed E-state index contributed by atoms with van der Waals surface area (Å²) in [5.41, 5.74) is 0.512. The lowest BCUT2D eigenvalue weighted by Gasteiger charge is -2.27. The smallest absolute Gasteiger partial charge is 0.317 e. The Morgan fingerprint density at radius 2 is 0.584 bits per heavy atom. The number of methoxy groups -OCH3 is 10. The number of esters is 11. The SMILES string of the molecule is CC(=O)OCC(C)(C)C.CC(=O)OCC(COC(C)=O)CC(C)(C)C.COC(=O)CC(=O)OCC(COC(=O)CC(=O)OC)CC(C)(C)C.COC(=O)CC(=O)OCC(COC(=O)CC(OC)OC)CC(C)C.COC(=O)CC(C)(C)C.COC(CC(C)(C)C)OC.COC(OC)C(C)(C)C. The van der Waals surface area contributed by atoms with Crippen molar-refractivity contribution in [1.82, 2.24) is 0 Å². The number of hydrogen-bond acceptors (Lipinski definition) is 28. The Kier molecular flexibility index (Phi) is 63.6. The minimum absolute atomic E-state index is 0.00139. The molecule has 28 heteroatoms. The predicted molar refractivity (Wildman–Crippen MR) is 379 cm³/mol. The first kappa shape index (κ1) is 108. The summed E-state index contributed by atoms with van der Waals surface area (Å²) in [6.07, 6.45) is 1.37. The van der Waals surface area contributed by atoms with E-state index in [9.17, 15) is 52.7 Å². The molecule has 0 N–H and O–H groups in total. The molecule has 598 valence electrons. The quantitative estimate of drug-likeness (QED) is 0.0255. The van der Waals surface area contributed by atoms with Crippen LogP contribution in [-0.4, -0.2) is 202 Å². The minimum atomic E-state index is -0.707. The third-order valence-electron chi connectivity index (χ3n) is 12.0. The van der Waals surface area contributed by atoms with Gasteiger partial charge in [0, 0.05) is 93.0 Å². The Morgan fingerprint density at radius 1 is 0.297 bits per heavy atom. The molecule has 0 rings (SSSR count). The second kappa shape index (κ2) is 59.3. The van der Waals surface area contributed by atoms with Gasteiger partial charge in [-0.15, -0.1) is 0 Å². The molecular formula is C73H138O28. The Hall–Kier alpha value is -6.07. The molecule has 0 aromatic rings. The van der Waals surface area contributed by atoms with Crippen LogP contribution in [-0.2, 0) is 133 Å². The van der Waals surface area contributed by atoms with Crippen LogP contribution in [0, 0.1) is 56.2 Å². The van der Waals surface area contributed by atoms with Crippen molar-refractivity contribution in [2.45, 2.75) is 236 Å². The van der Waals surface area contributed by atoms with Crippen LogP contribution in [0.25, 0.3) is 0 Å². The van der Waals surface area contributed by atoms with Crippen molar-refractivity contribution in [2.75, 3.05) is 117 Å². The van der Waals surface area contributed by atoms with Crippen LogP contribution in [0.3, 0.4) is 0 Å². The third-order valence-corrected chi connectivity index (χ3v) is 12.0. The lowest BCUT2D eigenvalue weighted by molar-refractivity contribution is -0.162. The van der Waals surface area contributed by atoms with E-state index in [0.29, 0.717) is 45.0 Å². The molecule has 28 nitrogen and oxygen atoms in total. The Morgan fingerprint density at radius 3 is 0.772 bits per heavy atom. The monoisotopic (exact) mass is 1460 g/mol. The van der Waals surface area contributed by atoms with Crippen LogP contribution < -0.4 is 0 Å². The standard InChI is InChI=1S/C16H26O8.C16H28O8.C12H22O4.C8H18O2.C7H16O2.2C7H14O2/c1-16(2,3)8-11(9-23-14(19)6-12(17)21-4)10-24-15(20)7-13(18)22-5;1-11(2)6-12(9-23-14(18)7-13(17)20-3)10-24-15(19)8-16(21-4)22-5;1-9(13)15-7-11(6-12(3,4)5)8-16-10(2)14;1-8(2,3)6-7(9-4)10-5;1-7(2,3)6(8-4)9-5;1-7(2,3)5-6(8)9-4;1-6(8)9-5-7(2,3)4/h11H,6-10H2,1-5H3;11-12,16H,6-10H2,1-5H3;11H,6-8H2,1-5H3;7H,6H2,1-5H3;6H,1-5H3;2*5H2,1-4H3. The first-order valence-corrected chi connectivity index (χ1v) is 33.4. The summed E-state index contributed by atoms with van der Waals surface area (Å²) in [6.45, 7) is 46.6. The van der Waals surface area contributed by atoms with Gasteiger partial charge in [-0.25, -0.2) is 0 Å². The molecule has 0 aliphatic rings. The number of ether oxygens (including phenoxy) is 17. The summed E-state index contributed by atoms with van der Waals surface area (Å²) in [5.74, 6) is -5.53. The van der Waals surface area contributed by atoms with E-state index in [1.807, 2.05) is 76.2 Å². The van der Waals surface area contributed by atoms with E-state index < -0.39 is 67.3 Å². The first-order valence-electron chi connectivity index (χ1n) is 33.4. The van der Waals surface area contributed by atoms with Crippen molar-refractivity contribution in [1.29, 1.82) is 0 Å². The van der Waals surface area contributed by atoms with Gasteiger partial charge in [0.1, 0.15) is 19.3 Å². The molecule has 101 heavy (non-hydrogen) atoms. The van der Waals surface area contributed by atoms with Crippen LogP contribution >= 0.6 is 0 Å². The summed E-state index contributed by atoms with van der Waals surface area (Å²) in [5, 5.41) is 0. The molecule has 0 bridgehead atoms. The van der Waals surface area contributed by atoms with E-state index in [4.69, 9.17) is 61.6 Å². The van der Waals surface area contributed by atoms with Gasteiger partial charge in [-0.1, -0.05) is 138 Å². The van der Waals surface area contributed by atoms with Gasteiger partial charge in [0.25, 0.3) is 0 Å². The fourth-order valence-electron chi connectivity index (χ4n) is 7.80. The minimum Gasteiger partial charge on any atom is -0.469 e. The molecule has 1 unspecified atom stereocenters. The molecular weight excluding hydrogens is 1320 g/mol. The molecule has 0 aromatic heterocycles. The topological polar surface area (TPSA) is 345 Å². The van der Waals surface area contributed by atoms with Gasteiger partial charge in [0.05, 0.1) is 87.5 Å². The van der Waals surface area contributed by atoms with Crippen molar-refractivity contribution in [3.63, 3.8) is 0 Å². The summed E-state index contributed by atoms with van der Waals surface area (Å²) in [4.78, 5) is 122. The highest BCUT2D eigenvalue weighted by atomic mass is 16.7. The van der Waals surface area contributed by atoms with E-state index in [-0.39, 0.29) is 120 Å². The lowest BCUT2D eigenvalue weighted by atomic mass is 9.85. The number of carbonyl (C=O) groups is 11. The molecule has 0 heterocycles. The van der Waals surface area contributed by atoms with E-state index >= 15 is 0 Å². The highest BCUT2D eigenvalue weighted by Gasteiger charge is 2.27. The van der Waals surface area contributed by atoms with Gasteiger partial charge >= 0.3 is 65.7 Å². The average molecular weight is 1460 g/mol. The van der Waals surface area contributed by atoms with Crippen LogP contribution in [0.15, 0.2) is 0 Å². The maximum absolute atomic E-state index is 11.7. The molecule has 0 aliphatic carbocycles. The Bertz CT molecular complexity index is 2190. The molecule has 1 atom stereocenters. The maximum Gasteiger partial charge on any atom is 0.317 e. The van der Waals surface area contributed by atoms with E-state index in [2.05, 4.69) is 81.3 Å². The second-order valence-corrected chi connectivity index (χ2v) is 30.9. The van der Waals surface area contributed by atoms with Crippen LogP contribution in [0.4, 0.5) is 0 Å². The zero-order chi connectivity index (χ0) is 80.7. The first-order chi connectivity index (χ1) is 46.0. The van der Waals surface area contributed by atoms with Crippen molar-refractivity contribution in [3.05, 3.63) is 0 Å². The van der Waals surface area contributed by atoms with Crippen LogP contribution in [0.5, 0.6) is 0 Å². The van der Waals surface area contributed by atoms with Gasteiger partial charge in [0.15, 0.2) is 18.9 Å². The van der Waals surface area contributed by atoms with Gasteiger partial charge in [-0.05, 0) is 52.3 Å². The normalized spacial score (nSPS) is 11.6. The molecule has 0 saturated carbocycles. The predicted octanol–water partition coefficient (Wildman–Crippen LogP) is 11.6. The molecule has 0 saturated heterocycles. The summed E-state index contributed by atoms with van der Waals surface area (Å²) >= 11 is 0. The zero-order valence-corrected chi connectivity index (χ0v) is 68.3. The van der Waals surface area contributed by atoms with Crippen LogP contribution in [0.2, 0.25) is 0 Å². The summed E-state index contributed by atoms with van der Waals surface area (Å²) < 4.78 is 82.7. The lowest BCUT2D eigenvalue weighted by Crippen LogP contribution is -2.29. The number of rotatable bonds is 33. The molecule has 0 radical (unpaired) electrons. The van der Waals surface area contributed by atoms with Crippen molar-refractivity contribution in [2.24, 2.45) is 56.2 Å². The van der Waals surface area contributed by atoms with Crippen molar-refractivity contribution in [3.8, 4) is 0 Å². The van der Waals surface area contributed by atoms with E-state index in [1.165, 1.54) is 63.4 Å². The van der Waals surface area contributed by atoms with E-state index in [0.717, 1.165) is 12.8 Å². The van der Waals surface area contributed by atoms with Gasteiger partial charge < -0.3 is 80.5 Å². The zero-order valence-electron chi connectivity index (χ0n) is 68.3. The van der Waals surface area contributed by atoms with Gasteiger partial charge in [-0.3, -0.25) is 52.7 Å². The fraction of sp³-hybridized carbons (Fsp3) is 0.849. The molecule has 0 fully saturated rings. The Balaban J connectivity index is -0.000000213. The average Bonchev–Trinajstić information content (AvgIpc) is 0.938. The Labute approximate surface area is 606 Å². The number of hydrogen-bond donors (Lipinski definition) is 0. The summed E-state index contributed by atoms with van der Waals surface area (Å²) in [7, 11) is 14.5. The third kappa shape index (κ3) is 86.3.